The molecule has 1 unspecified atom stereocenters. The summed E-state index contributed by atoms with van der Waals surface area (Å²) in [5.41, 5.74) is 0. The summed E-state index contributed by atoms with van der Waals surface area (Å²) >= 11 is 0. The average molecular weight is 835 g/mol. The minimum absolute atomic E-state index is 0.0625. The molecule has 0 aliphatic heterocycles. The number of carbonyl (C=O) groups excluding carboxylic acids is 3. The van der Waals surface area contributed by atoms with Crippen LogP contribution >= 0.6 is 0 Å². The first-order valence-electron chi connectivity index (χ1n) is 26.4. The molecule has 0 aliphatic carbocycles. The van der Waals surface area contributed by atoms with Gasteiger partial charge in [-0.15, -0.1) is 0 Å². The smallest absolute Gasteiger partial charge is 0.306 e. The summed E-state index contributed by atoms with van der Waals surface area (Å²) in [6.07, 6.45) is 49.3. The Labute approximate surface area is 368 Å². The Hall–Kier alpha value is -1.59. The molecule has 0 N–H and O–H groups in total. The zero-order valence-electron chi connectivity index (χ0n) is 40.2. The number of ether oxygens (including phenoxy) is 3. The van der Waals surface area contributed by atoms with Crippen molar-refractivity contribution in [3.8, 4) is 0 Å². The third-order valence-electron chi connectivity index (χ3n) is 12.4. The van der Waals surface area contributed by atoms with E-state index in [4.69, 9.17) is 14.2 Å². The number of hydrogen-bond donors (Lipinski definition) is 0. The second-order valence-electron chi connectivity index (χ2n) is 18.4. The molecule has 0 radical (unpaired) electrons. The third kappa shape index (κ3) is 45.8. The van der Waals surface area contributed by atoms with Crippen LogP contribution in [0.15, 0.2) is 0 Å². The normalized spacial score (nSPS) is 12.4. The molecule has 350 valence electrons. The Morgan fingerprint density at radius 3 is 0.881 bits per heavy atom. The summed E-state index contributed by atoms with van der Waals surface area (Å²) in [5.74, 6) is 0.0522. The largest absolute Gasteiger partial charge is 0.462 e. The van der Waals surface area contributed by atoms with E-state index in [2.05, 4.69) is 27.7 Å². The van der Waals surface area contributed by atoms with Crippen LogP contribution in [0.4, 0.5) is 0 Å². The average Bonchev–Trinajstić information content (AvgIpc) is 3.23. The molecule has 0 rings (SSSR count). The van der Waals surface area contributed by atoms with Crippen molar-refractivity contribution >= 4 is 17.9 Å². The molecule has 0 amide bonds. The highest BCUT2D eigenvalue weighted by molar-refractivity contribution is 5.71. The maximum absolute atomic E-state index is 12.8. The fraction of sp³-hybridized carbons (Fsp3) is 0.943. The molecule has 0 bridgehead atoms. The minimum Gasteiger partial charge on any atom is -0.462 e. The van der Waals surface area contributed by atoms with Crippen LogP contribution < -0.4 is 0 Å². The molecule has 0 fully saturated rings. The fourth-order valence-electron chi connectivity index (χ4n) is 8.01. The highest BCUT2D eigenvalue weighted by Crippen LogP contribution is 2.18. The topological polar surface area (TPSA) is 78.9 Å². The zero-order chi connectivity index (χ0) is 43.1. The molecule has 0 aliphatic rings. The molecule has 0 saturated heterocycles. The Balaban J connectivity index is 4.26. The summed E-state index contributed by atoms with van der Waals surface area (Å²) in [5, 5.41) is 0. The number of carbonyl (C=O) groups is 3. The Kier molecular flexibility index (Phi) is 46.2. The highest BCUT2D eigenvalue weighted by Gasteiger charge is 2.19. The summed E-state index contributed by atoms with van der Waals surface area (Å²) in [7, 11) is 0. The van der Waals surface area contributed by atoms with Gasteiger partial charge in [0.25, 0.3) is 0 Å². The van der Waals surface area contributed by atoms with Crippen LogP contribution in [0.2, 0.25) is 0 Å². The Bertz CT molecular complexity index is 889. The van der Waals surface area contributed by atoms with E-state index < -0.39 is 6.10 Å². The van der Waals surface area contributed by atoms with Crippen molar-refractivity contribution in [2.24, 2.45) is 5.92 Å². The quantitative estimate of drug-likeness (QED) is 0.0345. The van der Waals surface area contributed by atoms with Crippen molar-refractivity contribution in [1.29, 1.82) is 0 Å². The van der Waals surface area contributed by atoms with Crippen LogP contribution in [0.25, 0.3) is 0 Å². The van der Waals surface area contributed by atoms with Crippen LogP contribution in [-0.4, -0.2) is 37.2 Å². The predicted molar refractivity (Wildman–Crippen MR) is 252 cm³/mol. The van der Waals surface area contributed by atoms with Gasteiger partial charge in [0, 0.05) is 19.3 Å². The number of hydrogen-bond acceptors (Lipinski definition) is 6. The van der Waals surface area contributed by atoms with Gasteiger partial charge < -0.3 is 14.2 Å². The van der Waals surface area contributed by atoms with E-state index in [9.17, 15) is 14.4 Å². The Morgan fingerprint density at radius 1 is 0.339 bits per heavy atom. The van der Waals surface area contributed by atoms with Gasteiger partial charge in [-0.3, -0.25) is 14.4 Å². The molecule has 0 spiro atoms. The molecule has 6 nitrogen and oxygen atoms in total. The van der Waals surface area contributed by atoms with Crippen LogP contribution in [0.5, 0.6) is 0 Å². The van der Waals surface area contributed by atoms with E-state index in [1.54, 1.807) is 0 Å². The van der Waals surface area contributed by atoms with E-state index in [0.717, 1.165) is 63.7 Å². The minimum atomic E-state index is -0.760. The van der Waals surface area contributed by atoms with Crippen LogP contribution in [0.1, 0.15) is 297 Å². The summed E-state index contributed by atoms with van der Waals surface area (Å²) in [6.45, 7) is 9.06. The van der Waals surface area contributed by atoms with Crippen molar-refractivity contribution < 1.29 is 28.6 Å². The SMILES string of the molecule is CCCCCCCCCCCCCCC(=O)O[C@H](COC(=O)CCCCCCCCCCCCC)COC(=O)CCCCCCCCCCCCCCCCC(C)CC. The fourth-order valence-corrected chi connectivity index (χ4v) is 8.01. The van der Waals surface area contributed by atoms with Gasteiger partial charge in [-0.05, 0) is 25.2 Å². The zero-order valence-corrected chi connectivity index (χ0v) is 40.2. The van der Waals surface area contributed by atoms with Gasteiger partial charge in [-0.25, -0.2) is 0 Å². The maximum Gasteiger partial charge on any atom is 0.306 e. The standard InChI is InChI=1S/C53H102O6/c1-5-8-10-12-14-16-18-25-30-34-38-42-46-53(56)59-50(47-57-51(54)44-40-36-32-28-23-17-15-13-11-9-6-2)48-58-52(55)45-41-37-33-29-26-22-20-19-21-24-27-31-35-39-43-49(4)7-3/h49-50H,5-48H2,1-4H3/t49?,50-/m1/s1. The van der Waals surface area contributed by atoms with Crippen molar-refractivity contribution in [2.45, 2.75) is 303 Å². The monoisotopic (exact) mass is 835 g/mol. The van der Waals surface area contributed by atoms with Crippen molar-refractivity contribution in [2.75, 3.05) is 13.2 Å². The third-order valence-corrected chi connectivity index (χ3v) is 12.4. The van der Waals surface area contributed by atoms with Gasteiger partial charge in [0.05, 0.1) is 0 Å². The molecule has 0 saturated carbocycles. The molecular weight excluding hydrogens is 733 g/mol. The molecule has 0 aromatic rings. The molecular formula is C53H102O6. The van der Waals surface area contributed by atoms with E-state index >= 15 is 0 Å². The number of esters is 3. The summed E-state index contributed by atoms with van der Waals surface area (Å²) in [4.78, 5) is 37.9. The molecule has 59 heavy (non-hydrogen) atoms. The number of unbranched alkanes of at least 4 members (excludes halogenated alkanes) is 34. The van der Waals surface area contributed by atoms with E-state index in [-0.39, 0.29) is 31.1 Å². The lowest BCUT2D eigenvalue weighted by Gasteiger charge is -2.18. The Morgan fingerprint density at radius 2 is 0.593 bits per heavy atom. The lowest BCUT2D eigenvalue weighted by molar-refractivity contribution is -0.167. The summed E-state index contributed by atoms with van der Waals surface area (Å²) < 4.78 is 16.8. The lowest BCUT2D eigenvalue weighted by atomic mass is 9.99. The van der Waals surface area contributed by atoms with E-state index in [1.807, 2.05) is 0 Å². The predicted octanol–water partition coefficient (Wildman–Crippen LogP) is 17.1. The highest BCUT2D eigenvalue weighted by atomic mass is 16.6. The van der Waals surface area contributed by atoms with Crippen molar-refractivity contribution in [3.05, 3.63) is 0 Å². The molecule has 2 atom stereocenters. The first-order valence-corrected chi connectivity index (χ1v) is 26.4. The number of rotatable bonds is 48. The van der Waals surface area contributed by atoms with Gasteiger partial charge in [0.2, 0.25) is 0 Å². The molecule has 0 aromatic carbocycles. The van der Waals surface area contributed by atoms with Gasteiger partial charge in [-0.2, -0.15) is 0 Å². The molecule has 0 heterocycles. The first-order chi connectivity index (χ1) is 28.9. The van der Waals surface area contributed by atoms with E-state index in [1.165, 1.54) is 193 Å². The van der Waals surface area contributed by atoms with Crippen LogP contribution in [0, 0.1) is 5.92 Å². The second kappa shape index (κ2) is 47.5. The first kappa shape index (κ1) is 57.4. The lowest BCUT2D eigenvalue weighted by Crippen LogP contribution is -2.30. The van der Waals surface area contributed by atoms with Gasteiger partial charge >= 0.3 is 17.9 Å². The second-order valence-corrected chi connectivity index (χ2v) is 18.4. The molecule has 6 heteroatoms. The van der Waals surface area contributed by atoms with Crippen molar-refractivity contribution in [1.82, 2.24) is 0 Å². The van der Waals surface area contributed by atoms with Crippen LogP contribution in [-0.2, 0) is 28.6 Å². The van der Waals surface area contributed by atoms with Gasteiger partial charge in [0.1, 0.15) is 13.2 Å². The van der Waals surface area contributed by atoms with Gasteiger partial charge in [0.15, 0.2) is 6.10 Å². The summed E-state index contributed by atoms with van der Waals surface area (Å²) in [6, 6.07) is 0. The van der Waals surface area contributed by atoms with E-state index in [0.29, 0.717) is 19.3 Å². The van der Waals surface area contributed by atoms with Crippen LogP contribution in [0.3, 0.4) is 0 Å². The molecule has 0 aromatic heterocycles. The maximum atomic E-state index is 12.8. The van der Waals surface area contributed by atoms with Crippen molar-refractivity contribution in [3.63, 3.8) is 0 Å². The van der Waals surface area contributed by atoms with Gasteiger partial charge in [-0.1, -0.05) is 259 Å².